The number of aromatic nitrogens is 2. The smallest absolute Gasteiger partial charge is 0.139 e. The second-order valence-electron chi connectivity index (χ2n) is 4.81. The highest BCUT2D eigenvalue weighted by Crippen LogP contribution is 2.25. The number of hydrogen-bond acceptors (Lipinski definition) is 5. The molecule has 2 N–H and O–H groups in total. The van der Waals surface area contributed by atoms with Gasteiger partial charge in [0.2, 0.25) is 0 Å². The SMILES string of the molecule is CCCc1c(NC)ncnc1Nc1cccc(COC)c1. The summed E-state index contributed by atoms with van der Waals surface area (Å²) in [5, 5.41) is 6.51. The fourth-order valence-corrected chi connectivity index (χ4v) is 2.26. The zero-order valence-electron chi connectivity index (χ0n) is 12.8. The molecule has 0 atom stereocenters. The number of benzene rings is 1. The van der Waals surface area contributed by atoms with E-state index in [2.05, 4.69) is 33.6 Å². The van der Waals surface area contributed by atoms with E-state index in [9.17, 15) is 0 Å². The van der Waals surface area contributed by atoms with E-state index in [-0.39, 0.29) is 0 Å². The summed E-state index contributed by atoms with van der Waals surface area (Å²) in [6.07, 6.45) is 3.55. The van der Waals surface area contributed by atoms with Crippen LogP contribution in [0.5, 0.6) is 0 Å². The van der Waals surface area contributed by atoms with Gasteiger partial charge in [-0.1, -0.05) is 25.5 Å². The highest BCUT2D eigenvalue weighted by molar-refractivity contribution is 5.65. The van der Waals surface area contributed by atoms with Crippen LogP contribution in [-0.4, -0.2) is 24.1 Å². The van der Waals surface area contributed by atoms with Crippen molar-refractivity contribution in [2.24, 2.45) is 0 Å². The number of hydrogen-bond donors (Lipinski definition) is 2. The Hall–Kier alpha value is -2.14. The van der Waals surface area contributed by atoms with E-state index in [4.69, 9.17) is 4.74 Å². The quantitative estimate of drug-likeness (QED) is 0.817. The van der Waals surface area contributed by atoms with Crippen LogP contribution in [0.2, 0.25) is 0 Å². The molecule has 0 aliphatic heterocycles. The Morgan fingerprint density at radius 1 is 1.19 bits per heavy atom. The number of methoxy groups -OCH3 is 1. The lowest BCUT2D eigenvalue weighted by atomic mass is 10.1. The molecule has 0 saturated heterocycles. The molecule has 2 aromatic rings. The molecule has 0 aliphatic carbocycles. The van der Waals surface area contributed by atoms with Crippen LogP contribution in [0, 0.1) is 0 Å². The predicted molar refractivity (Wildman–Crippen MR) is 86.0 cm³/mol. The minimum absolute atomic E-state index is 0.600. The van der Waals surface area contributed by atoms with Gasteiger partial charge in [-0.05, 0) is 24.1 Å². The van der Waals surface area contributed by atoms with Crippen LogP contribution >= 0.6 is 0 Å². The van der Waals surface area contributed by atoms with Crippen molar-refractivity contribution in [2.45, 2.75) is 26.4 Å². The minimum atomic E-state index is 0.600. The number of anilines is 3. The first-order chi connectivity index (χ1) is 10.3. The summed E-state index contributed by atoms with van der Waals surface area (Å²) in [4.78, 5) is 8.67. The summed E-state index contributed by atoms with van der Waals surface area (Å²) >= 11 is 0. The van der Waals surface area contributed by atoms with E-state index in [0.717, 1.165) is 41.3 Å². The summed E-state index contributed by atoms with van der Waals surface area (Å²) in [6, 6.07) is 8.15. The van der Waals surface area contributed by atoms with Crippen molar-refractivity contribution in [3.8, 4) is 0 Å². The van der Waals surface area contributed by atoms with Crippen molar-refractivity contribution >= 4 is 17.3 Å². The molecule has 5 heteroatoms. The van der Waals surface area contributed by atoms with Gasteiger partial charge in [0, 0.05) is 25.4 Å². The lowest BCUT2D eigenvalue weighted by molar-refractivity contribution is 0.185. The Morgan fingerprint density at radius 3 is 2.71 bits per heavy atom. The van der Waals surface area contributed by atoms with Gasteiger partial charge in [0.1, 0.15) is 18.0 Å². The van der Waals surface area contributed by atoms with Gasteiger partial charge in [0.15, 0.2) is 0 Å². The third-order valence-corrected chi connectivity index (χ3v) is 3.18. The normalized spacial score (nSPS) is 10.4. The maximum absolute atomic E-state index is 5.17. The fraction of sp³-hybridized carbons (Fsp3) is 0.375. The first kappa shape index (κ1) is 15.3. The Labute approximate surface area is 125 Å². The second-order valence-corrected chi connectivity index (χ2v) is 4.81. The van der Waals surface area contributed by atoms with Gasteiger partial charge in [-0.15, -0.1) is 0 Å². The van der Waals surface area contributed by atoms with E-state index in [1.807, 2.05) is 25.2 Å². The largest absolute Gasteiger partial charge is 0.380 e. The highest BCUT2D eigenvalue weighted by Gasteiger charge is 2.10. The molecule has 21 heavy (non-hydrogen) atoms. The van der Waals surface area contributed by atoms with Crippen molar-refractivity contribution in [1.82, 2.24) is 9.97 Å². The molecule has 0 saturated carbocycles. The van der Waals surface area contributed by atoms with Gasteiger partial charge in [-0.2, -0.15) is 0 Å². The first-order valence-corrected chi connectivity index (χ1v) is 7.15. The van der Waals surface area contributed by atoms with Crippen molar-refractivity contribution in [3.63, 3.8) is 0 Å². The number of nitrogens with one attached hydrogen (secondary N) is 2. The van der Waals surface area contributed by atoms with Crippen LogP contribution in [0.25, 0.3) is 0 Å². The monoisotopic (exact) mass is 286 g/mol. The number of ether oxygens (including phenoxy) is 1. The molecule has 0 spiro atoms. The molecule has 0 bridgehead atoms. The molecule has 0 amide bonds. The van der Waals surface area contributed by atoms with Crippen LogP contribution in [0.3, 0.4) is 0 Å². The van der Waals surface area contributed by atoms with E-state index in [0.29, 0.717) is 6.61 Å². The van der Waals surface area contributed by atoms with Crippen LogP contribution in [0.15, 0.2) is 30.6 Å². The summed E-state index contributed by atoms with van der Waals surface area (Å²) in [5.41, 5.74) is 3.24. The molecule has 1 aromatic heterocycles. The van der Waals surface area contributed by atoms with Gasteiger partial charge in [0.05, 0.1) is 6.61 Å². The van der Waals surface area contributed by atoms with Gasteiger partial charge < -0.3 is 15.4 Å². The molecule has 1 heterocycles. The Kier molecular flexibility index (Phi) is 5.51. The van der Waals surface area contributed by atoms with E-state index < -0.39 is 0 Å². The molecule has 5 nitrogen and oxygen atoms in total. The van der Waals surface area contributed by atoms with Gasteiger partial charge in [0.25, 0.3) is 0 Å². The molecular weight excluding hydrogens is 264 g/mol. The third-order valence-electron chi connectivity index (χ3n) is 3.18. The standard InChI is InChI=1S/C16H22N4O/c1-4-6-14-15(17-2)18-11-19-16(14)20-13-8-5-7-12(9-13)10-21-3/h5,7-9,11H,4,6,10H2,1-3H3,(H2,17,18,19,20). The zero-order valence-corrected chi connectivity index (χ0v) is 12.8. The van der Waals surface area contributed by atoms with Crippen molar-refractivity contribution in [2.75, 3.05) is 24.8 Å². The molecule has 1 aromatic carbocycles. The van der Waals surface area contributed by atoms with Gasteiger partial charge in [-0.3, -0.25) is 0 Å². The maximum Gasteiger partial charge on any atom is 0.139 e. The Balaban J connectivity index is 2.28. The van der Waals surface area contributed by atoms with E-state index in [1.165, 1.54) is 0 Å². The van der Waals surface area contributed by atoms with E-state index >= 15 is 0 Å². The zero-order chi connectivity index (χ0) is 15.1. The Bertz CT molecular complexity index is 586. The lowest BCUT2D eigenvalue weighted by Crippen LogP contribution is -2.05. The first-order valence-electron chi connectivity index (χ1n) is 7.15. The van der Waals surface area contributed by atoms with Crippen LogP contribution < -0.4 is 10.6 Å². The average Bonchev–Trinajstić information content (AvgIpc) is 2.50. The van der Waals surface area contributed by atoms with Crippen molar-refractivity contribution in [3.05, 3.63) is 41.7 Å². The van der Waals surface area contributed by atoms with Crippen LogP contribution in [0.1, 0.15) is 24.5 Å². The van der Waals surface area contributed by atoms with Crippen molar-refractivity contribution in [1.29, 1.82) is 0 Å². The van der Waals surface area contributed by atoms with Crippen molar-refractivity contribution < 1.29 is 4.74 Å². The van der Waals surface area contributed by atoms with Crippen LogP contribution in [0.4, 0.5) is 17.3 Å². The Morgan fingerprint density at radius 2 is 2.00 bits per heavy atom. The molecule has 0 aliphatic rings. The van der Waals surface area contributed by atoms with E-state index in [1.54, 1.807) is 13.4 Å². The van der Waals surface area contributed by atoms with Crippen LogP contribution in [-0.2, 0) is 17.8 Å². The fourth-order valence-electron chi connectivity index (χ4n) is 2.26. The number of rotatable bonds is 7. The highest BCUT2D eigenvalue weighted by atomic mass is 16.5. The molecule has 2 rings (SSSR count). The third kappa shape index (κ3) is 3.92. The molecule has 0 unspecified atom stereocenters. The lowest BCUT2D eigenvalue weighted by Gasteiger charge is -2.14. The van der Waals surface area contributed by atoms with Gasteiger partial charge in [-0.25, -0.2) is 9.97 Å². The number of nitrogens with zero attached hydrogens (tertiary/aromatic N) is 2. The molecule has 112 valence electrons. The molecule has 0 fully saturated rings. The average molecular weight is 286 g/mol. The summed E-state index contributed by atoms with van der Waals surface area (Å²) in [5.74, 6) is 1.73. The minimum Gasteiger partial charge on any atom is -0.380 e. The molecular formula is C16H22N4O. The topological polar surface area (TPSA) is 59.1 Å². The summed E-state index contributed by atoms with van der Waals surface area (Å²) in [6.45, 7) is 2.75. The summed E-state index contributed by atoms with van der Waals surface area (Å²) < 4.78 is 5.17. The molecule has 0 radical (unpaired) electrons. The predicted octanol–water partition coefficient (Wildman–Crippen LogP) is 3.36. The summed E-state index contributed by atoms with van der Waals surface area (Å²) in [7, 11) is 3.58. The van der Waals surface area contributed by atoms with Gasteiger partial charge >= 0.3 is 0 Å². The second kappa shape index (κ2) is 7.59. The maximum atomic E-state index is 5.17.